The summed E-state index contributed by atoms with van der Waals surface area (Å²) >= 11 is 1.25. The topological polar surface area (TPSA) is 81.4 Å². The molecule has 7 nitrogen and oxygen atoms in total. The average molecular weight is 476 g/mol. The van der Waals surface area contributed by atoms with Crippen molar-refractivity contribution in [3.05, 3.63) is 90.2 Å². The van der Waals surface area contributed by atoms with Crippen LogP contribution in [-0.4, -0.2) is 39.2 Å². The number of hydrogen-bond acceptors (Lipinski definition) is 6. The van der Waals surface area contributed by atoms with Crippen molar-refractivity contribution in [1.29, 1.82) is 0 Å². The van der Waals surface area contributed by atoms with Gasteiger partial charge < -0.3 is 4.74 Å². The summed E-state index contributed by atoms with van der Waals surface area (Å²) in [5.41, 5.74) is 4.91. The highest BCUT2D eigenvalue weighted by Crippen LogP contribution is 2.28. The number of hydrazone groups is 1. The second-order valence-corrected chi connectivity index (χ2v) is 8.01. The first-order valence-electron chi connectivity index (χ1n) is 10.6. The first-order chi connectivity index (χ1) is 16.6. The van der Waals surface area contributed by atoms with Crippen LogP contribution in [0.25, 0.3) is 17.1 Å². The second-order valence-electron chi connectivity index (χ2n) is 7.07. The summed E-state index contributed by atoms with van der Waals surface area (Å²) in [4.78, 5) is 12.3. The molecule has 3 aromatic carbocycles. The lowest BCUT2D eigenvalue weighted by molar-refractivity contribution is -0.118. The van der Waals surface area contributed by atoms with Crippen molar-refractivity contribution in [2.75, 3.05) is 12.4 Å². The molecule has 0 aliphatic rings. The molecular weight excluding hydrogens is 453 g/mol. The van der Waals surface area contributed by atoms with Gasteiger partial charge in [0, 0.05) is 11.3 Å². The fourth-order valence-corrected chi connectivity index (χ4v) is 3.86. The Bertz CT molecular complexity index is 1260. The molecule has 0 aliphatic heterocycles. The number of carbonyl (C=O) groups is 1. The molecule has 0 bridgehead atoms. The normalized spacial score (nSPS) is 11.0. The molecule has 4 aromatic rings. The largest absolute Gasteiger partial charge is 0.494 e. The summed E-state index contributed by atoms with van der Waals surface area (Å²) in [5.74, 6) is 0.898. The first-order valence-corrected chi connectivity index (χ1v) is 11.6. The molecule has 172 valence electrons. The zero-order valence-corrected chi connectivity index (χ0v) is 19.2. The van der Waals surface area contributed by atoms with E-state index in [0.29, 0.717) is 23.2 Å². The van der Waals surface area contributed by atoms with Crippen molar-refractivity contribution >= 4 is 23.9 Å². The van der Waals surface area contributed by atoms with E-state index in [2.05, 4.69) is 20.7 Å². The molecule has 0 atom stereocenters. The van der Waals surface area contributed by atoms with Gasteiger partial charge in [-0.15, -0.1) is 10.2 Å². The van der Waals surface area contributed by atoms with E-state index in [1.165, 1.54) is 30.1 Å². The second kappa shape index (κ2) is 11.2. The van der Waals surface area contributed by atoms with Gasteiger partial charge >= 0.3 is 0 Å². The van der Waals surface area contributed by atoms with Crippen LogP contribution in [0.3, 0.4) is 0 Å². The van der Waals surface area contributed by atoms with Crippen molar-refractivity contribution in [2.24, 2.45) is 5.10 Å². The Labute approximate surface area is 200 Å². The van der Waals surface area contributed by atoms with Gasteiger partial charge in [-0.2, -0.15) is 5.10 Å². The van der Waals surface area contributed by atoms with Crippen molar-refractivity contribution in [2.45, 2.75) is 12.1 Å². The fraction of sp³-hybridized carbons (Fsp3) is 0.120. The van der Waals surface area contributed by atoms with Crippen LogP contribution < -0.4 is 10.2 Å². The van der Waals surface area contributed by atoms with E-state index in [-0.39, 0.29) is 17.5 Å². The quantitative estimate of drug-likeness (QED) is 0.215. The van der Waals surface area contributed by atoms with Crippen LogP contribution in [0.4, 0.5) is 4.39 Å². The number of aromatic nitrogens is 3. The van der Waals surface area contributed by atoms with Gasteiger partial charge in [0.25, 0.3) is 5.91 Å². The summed E-state index contributed by atoms with van der Waals surface area (Å²) in [6.07, 6.45) is 1.46. The monoisotopic (exact) mass is 475 g/mol. The van der Waals surface area contributed by atoms with Gasteiger partial charge in [-0.1, -0.05) is 54.2 Å². The molecule has 1 heterocycles. The standard InChI is InChI=1S/C25H22FN5O2S/c1-2-33-22-14-12-21(13-15-22)31-24(19-6-4-3-5-7-19)29-30-25(31)34-17-23(32)28-27-16-18-8-10-20(26)11-9-18/h3-16H,2,17H2,1H3,(H,28,32)/b27-16-. The molecule has 0 saturated heterocycles. The minimum Gasteiger partial charge on any atom is -0.494 e. The maximum absolute atomic E-state index is 13.0. The molecule has 1 aromatic heterocycles. The zero-order chi connectivity index (χ0) is 23.8. The lowest BCUT2D eigenvalue weighted by Crippen LogP contribution is -2.20. The van der Waals surface area contributed by atoms with E-state index in [4.69, 9.17) is 4.74 Å². The third-order valence-corrected chi connectivity index (χ3v) is 5.61. The van der Waals surface area contributed by atoms with Crippen LogP contribution in [0.2, 0.25) is 0 Å². The predicted molar refractivity (Wildman–Crippen MR) is 131 cm³/mol. The Morgan fingerprint density at radius 3 is 2.50 bits per heavy atom. The summed E-state index contributed by atoms with van der Waals surface area (Å²) in [6.45, 7) is 2.52. The smallest absolute Gasteiger partial charge is 0.250 e. The van der Waals surface area contributed by atoms with Crippen LogP contribution >= 0.6 is 11.8 Å². The van der Waals surface area contributed by atoms with Gasteiger partial charge in [0.1, 0.15) is 11.6 Å². The van der Waals surface area contributed by atoms with Crippen molar-refractivity contribution in [3.63, 3.8) is 0 Å². The summed E-state index contributed by atoms with van der Waals surface area (Å²) < 4.78 is 20.4. The minimum absolute atomic E-state index is 0.0880. The Kier molecular flexibility index (Phi) is 7.67. The fourth-order valence-electron chi connectivity index (χ4n) is 3.12. The van der Waals surface area contributed by atoms with Gasteiger partial charge in [-0.25, -0.2) is 9.82 Å². The van der Waals surface area contributed by atoms with Gasteiger partial charge in [0.15, 0.2) is 11.0 Å². The third kappa shape index (κ3) is 5.87. The number of rotatable bonds is 9. The van der Waals surface area contributed by atoms with Crippen LogP contribution in [0, 0.1) is 5.82 Å². The molecule has 0 spiro atoms. The van der Waals surface area contributed by atoms with Crippen molar-refractivity contribution in [3.8, 4) is 22.8 Å². The van der Waals surface area contributed by atoms with E-state index in [0.717, 1.165) is 17.0 Å². The van der Waals surface area contributed by atoms with Gasteiger partial charge in [0.05, 0.1) is 18.6 Å². The number of carbonyl (C=O) groups excluding carboxylic acids is 1. The maximum atomic E-state index is 13.0. The summed E-state index contributed by atoms with van der Waals surface area (Å²) in [5, 5.41) is 13.2. The lowest BCUT2D eigenvalue weighted by atomic mass is 10.2. The van der Waals surface area contributed by atoms with Gasteiger partial charge in [-0.3, -0.25) is 9.36 Å². The van der Waals surface area contributed by atoms with Crippen LogP contribution in [0.15, 0.2) is 89.1 Å². The molecule has 0 radical (unpaired) electrons. The molecule has 1 N–H and O–H groups in total. The van der Waals surface area contributed by atoms with Gasteiger partial charge in [0.2, 0.25) is 0 Å². The first kappa shape index (κ1) is 23.2. The highest BCUT2D eigenvalue weighted by atomic mass is 32.2. The minimum atomic E-state index is -0.330. The number of benzene rings is 3. The number of nitrogens with one attached hydrogen (secondary N) is 1. The number of amides is 1. The Balaban J connectivity index is 1.50. The number of hydrogen-bond donors (Lipinski definition) is 1. The van der Waals surface area contributed by atoms with Crippen molar-refractivity contribution < 1.29 is 13.9 Å². The zero-order valence-electron chi connectivity index (χ0n) is 18.4. The van der Waals surface area contributed by atoms with Crippen molar-refractivity contribution in [1.82, 2.24) is 20.2 Å². The molecule has 1 amide bonds. The molecular formula is C25H22FN5O2S. The third-order valence-electron chi connectivity index (χ3n) is 4.68. The maximum Gasteiger partial charge on any atom is 0.250 e. The number of thioether (sulfide) groups is 1. The van der Waals surface area contributed by atoms with E-state index in [1.807, 2.05) is 66.1 Å². The molecule has 0 aliphatic carbocycles. The average Bonchev–Trinajstić information content (AvgIpc) is 3.29. The number of nitrogens with zero attached hydrogens (tertiary/aromatic N) is 4. The molecule has 0 saturated carbocycles. The van der Waals surface area contributed by atoms with E-state index in [9.17, 15) is 9.18 Å². The molecule has 0 unspecified atom stereocenters. The summed E-state index contributed by atoms with van der Waals surface area (Å²) in [7, 11) is 0. The number of halogens is 1. The van der Waals surface area contributed by atoms with Crippen LogP contribution in [-0.2, 0) is 4.79 Å². The highest BCUT2D eigenvalue weighted by Gasteiger charge is 2.17. The molecule has 34 heavy (non-hydrogen) atoms. The van der Waals surface area contributed by atoms with Crippen LogP contribution in [0.1, 0.15) is 12.5 Å². The molecule has 0 fully saturated rings. The summed E-state index contributed by atoms with van der Waals surface area (Å²) in [6, 6.07) is 23.2. The predicted octanol–water partition coefficient (Wildman–Crippen LogP) is 4.71. The Morgan fingerprint density at radius 2 is 1.79 bits per heavy atom. The van der Waals surface area contributed by atoms with E-state index in [1.54, 1.807) is 12.1 Å². The Hall–Kier alpha value is -3.98. The van der Waals surface area contributed by atoms with Gasteiger partial charge in [-0.05, 0) is 48.9 Å². The molecule has 9 heteroatoms. The van der Waals surface area contributed by atoms with Crippen LogP contribution in [0.5, 0.6) is 5.75 Å². The highest BCUT2D eigenvalue weighted by molar-refractivity contribution is 7.99. The lowest BCUT2D eigenvalue weighted by Gasteiger charge is -2.11. The van der Waals surface area contributed by atoms with E-state index >= 15 is 0 Å². The SMILES string of the molecule is CCOc1ccc(-n2c(SCC(=O)N/N=C\c3ccc(F)cc3)nnc2-c2ccccc2)cc1. The Morgan fingerprint density at radius 1 is 1.06 bits per heavy atom. The van der Waals surface area contributed by atoms with E-state index < -0.39 is 0 Å². The molecule has 4 rings (SSSR count). The number of ether oxygens (including phenoxy) is 1.